The predicted molar refractivity (Wildman–Crippen MR) is 74.3 cm³/mol. The normalized spacial score (nSPS) is 20.6. The van der Waals surface area contributed by atoms with E-state index in [1.54, 1.807) is 0 Å². The summed E-state index contributed by atoms with van der Waals surface area (Å²) in [4.78, 5) is 4.82. The molecule has 0 amide bonds. The lowest BCUT2D eigenvalue weighted by molar-refractivity contribution is 0.142. The zero-order valence-corrected chi connectivity index (χ0v) is 11.1. The average molecular weight is 230 g/mol. The minimum absolute atomic E-state index is 0.0445. The zero-order chi connectivity index (χ0) is 12.5. The molecule has 1 aliphatic heterocycles. The first-order chi connectivity index (χ1) is 8.07. The fourth-order valence-corrected chi connectivity index (χ4v) is 2.59. The molecule has 0 aromatic heterocycles. The van der Waals surface area contributed by atoms with Gasteiger partial charge in [0.15, 0.2) is 0 Å². The van der Waals surface area contributed by atoms with E-state index in [2.05, 4.69) is 67.5 Å². The molecule has 0 N–H and O–H groups in total. The van der Waals surface area contributed by atoms with Crippen molar-refractivity contribution in [3.8, 4) is 0 Å². The van der Waals surface area contributed by atoms with Crippen LogP contribution in [0.5, 0.6) is 0 Å². The SMILES string of the molecule is C=C1N(c2ccccc2)CCN(CC)C1(C)C. The summed E-state index contributed by atoms with van der Waals surface area (Å²) < 4.78 is 0. The van der Waals surface area contributed by atoms with Gasteiger partial charge in [-0.2, -0.15) is 0 Å². The summed E-state index contributed by atoms with van der Waals surface area (Å²) in [5.74, 6) is 0. The lowest BCUT2D eigenvalue weighted by atomic mass is 9.94. The molecule has 92 valence electrons. The van der Waals surface area contributed by atoms with Gasteiger partial charge in [0.05, 0.1) is 5.54 Å². The van der Waals surface area contributed by atoms with Crippen molar-refractivity contribution in [2.24, 2.45) is 0 Å². The van der Waals surface area contributed by atoms with Crippen LogP contribution in [0.25, 0.3) is 0 Å². The Morgan fingerprint density at radius 2 is 1.82 bits per heavy atom. The number of benzene rings is 1. The maximum absolute atomic E-state index is 4.31. The second-order valence-electron chi connectivity index (χ2n) is 5.07. The quantitative estimate of drug-likeness (QED) is 0.770. The summed E-state index contributed by atoms with van der Waals surface area (Å²) in [7, 11) is 0. The van der Waals surface area contributed by atoms with Gasteiger partial charge in [-0.15, -0.1) is 0 Å². The predicted octanol–water partition coefficient (Wildman–Crippen LogP) is 3.12. The largest absolute Gasteiger partial charge is 0.343 e. The van der Waals surface area contributed by atoms with E-state index in [1.807, 2.05) is 0 Å². The van der Waals surface area contributed by atoms with E-state index in [-0.39, 0.29) is 5.54 Å². The molecule has 0 radical (unpaired) electrons. The van der Waals surface area contributed by atoms with Crippen molar-refractivity contribution in [1.82, 2.24) is 4.90 Å². The molecule has 1 saturated heterocycles. The Labute approximate surface area is 105 Å². The average Bonchev–Trinajstić information content (AvgIpc) is 2.33. The fourth-order valence-electron chi connectivity index (χ4n) is 2.59. The second-order valence-corrected chi connectivity index (χ2v) is 5.07. The van der Waals surface area contributed by atoms with Gasteiger partial charge in [-0.1, -0.05) is 31.7 Å². The summed E-state index contributed by atoms with van der Waals surface area (Å²) in [6.07, 6.45) is 0. The van der Waals surface area contributed by atoms with Crippen molar-refractivity contribution in [1.29, 1.82) is 0 Å². The molecule has 0 bridgehead atoms. The van der Waals surface area contributed by atoms with Crippen molar-refractivity contribution in [2.75, 3.05) is 24.5 Å². The molecular weight excluding hydrogens is 208 g/mol. The highest BCUT2D eigenvalue weighted by molar-refractivity contribution is 5.54. The van der Waals surface area contributed by atoms with Crippen molar-refractivity contribution in [2.45, 2.75) is 26.3 Å². The molecule has 0 spiro atoms. The molecule has 2 heteroatoms. The summed E-state index contributed by atoms with van der Waals surface area (Å²) in [5.41, 5.74) is 2.49. The van der Waals surface area contributed by atoms with E-state index in [4.69, 9.17) is 0 Å². The Kier molecular flexibility index (Phi) is 3.25. The second kappa shape index (κ2) is 4.53. The monoisotopic (exact) mass is 230 g/mol. The minimum atomic E-state index is 0.0445. The third-order valence-corrected chi connectivity index (χ3v) is 3.87. The van der Waals surface area contributed by atoms with Crippen LogP contribution < -0.4 is 4.90 Å². The van der Waals surface area contributed by atoms with Gasteiger partial charge in [0.2, 0.25) is 0 Å². The van der Waals surface area contributed by atoms with Crippen molar-refractivity contribution < 1.29 is 0 Å². The third-order valence-electron chi connectivity index (χ3n) is 3.87. The molecule has 1 aromatic carbocycles. The standard InChI is InChI=1S/C15H22N2/c1-5-16-11-12-17(13(2)15(16,3)4)14-9-7-6-8-10-14/h6-10H,2,5,11-12H2,1,3-4H3. The number of hydrogen-bond acceptors (Lipinski definition) is 2. The smallest absolute Gasteiger partial charge is 0.0551 e. The third kappa shape index (κ3) is 2.09. The summed E-state index contributed by atoms with van der Waals surface area (Å²) in [6.45, 7) is 14.2. The van der Waals surface area contributed by atoms with Crippen LogP contribution in [0.15, 0.2) is 42.6 Å². The number of hydrogen-bond donors (Lipinski definition) is 0. The van der Waals surface area contributed by atoms with Crippen LogP contribution in [-0.2, 0) is 0 Å². The molecule has 0 aliphatic carbocycles. The van der Waals surface area contributed by atoms with Crippen LogP contribution in [0.3, 0.4) is 0 Å². The number of nitrogens with zero attached hydrogens (tertiary/aromatic N) is 2. The molecule has 1 aromatic rings. The van der Waals surface area contributed by atoms with Crippen LogP contribution in [0.2, 0.25) is 0 Å². The summed E-state index contributed by atoms with van der Waals surface area (Å²) in [6, 6.07) is 10.5. The van der Waals surface area contributed by atoms with Gasteiger partial charge in [-0.25, -0.2) is 0 Å². The number of rotatable bonds is 2. The molecule has 0 saturated carbocycles. The first kappa shape index (κ1) is 12.2. The van der Waals surface area contributed by atoms with Gasteiger partial charge in [0.1, 0.15) is 0 Å². The number of likely N-dealkylation sites (N-methyl/N-ethyl adjacent to an activating group) is 1. The topological polar surface area (TPSA) is 6.48 Å². The number of anilines is 1. The van der Waals surface area contributed by atoms with E-state index in [0.717, 1.165) is 19.6 Å². The Morgan fingerprint density at radius 3 is 2.41 bits per heavy atom. The zero-order valence-electron chi connectivity index (χ0n) is 11.1. The molecule has 17 heavy (non-hydrogen) atoms. The van der Waals surface area contributed by atoms with E-state index in [0.29, 0.717) is 0 Å². The Hall–Kier alpha value is -1.28. The lowest BCUT2D eigenvalue weighted by Gasteiger charge is -2.49. The van der Waals surface area contributed by atoms with E-state index in [1.165, 1.54) is 11.4 Å². The van der Waals surface area contributed by atoms with E-state index < -0.39 is 0 Å². The first-order valence-electron chi connectivity index (χ1n) is 6.34. The molecular formula is C15H22N2. The lowest BCUT2D eigenvalue weighted by Crippen LogP contribution is -2.57. The van der Waals surface area contributed by atoms with Gasteiger partial charge in [-0.3, -0.25) is 4.90 Å². The van der Waals surface area contributed by atoms with Gasteiger partial charge in [-0.05, 0) is 32.5 Å². The highest BCUT2D eigenvalue weighted by Gasteiger charge is 2.36. The molecule has 2 rings (SSSR count). The van der Waals surface area contributed by atoms with Crippen LogP contribution in [0, 0.1) is 0 Å². The minimum Gasteiger partial charge on any atom is -0.343 e. The highest BCUT2D eigenvalue weighted by atomic mass is 15.3. The van der Waals surface area contributed by atoms with Gasteiger partial charge >= 0.3 is 0 Å². The van der Waals surface area contributed by atoms with Crippen molar-refractivity contribution in [3.63, 3.8) is 0 Å². The van der Waals surface area contributed by atoms with Crippen LogP contribution >= 0.6 is 0 Å². The molecule has 0 atom stereocenters. The Morgan fingerprint density at radius 1 is 1.18 bits per heavy atom. The van der Waals surface area contributed by atoms with E-state index >= 15 is 0 Å². The molecule has 2 nitrogen and oxygen atoms in total. The van der Waals surface area contributed by atoms with Crippen molar-refractivity contribution in [3.05, 3.63) is 42.6 Å². The van der Waals surface area contributed by atoms with Crippen LogP contribution in [0.4, 0.5) is 5.69 Å². The van der Waals surface area contributed by atoms with Gasteiger partial charge < -0.3 is 4.90 Å². The van der Waals surface area contributed by atoms with Crippen molar-refractivity contribution >= 4 is 5.69 Å². The maximum atomic E-state index is 4.31. The molecule has 1 aliphatic rings. The van der Waals surface area contributed by atoms with Crippen LogP contribution in [-0.4, -0.2) is 30.1 Å². The number of piperazine rings is 1. The van der Waals surface area contributed by atoms with Gasteiger partial charge in [0, 0.05) is 24.5 Å². The van der Waals surface area contributed by atoms with E-state index in [9.17, 15) is 0 Å². The molecule has 0 unspecified atom stereocenters. The maximum Gasteiger partial charge on any atom is 0.0551 e. The van der Waals surface area contributed by atoms with Crippen LogP contribution in [0.1, 0.15) is 20.8 Å². The Bertz CT molecular complexity index is 395. The highest BCUT2D eigenvalue weighted by Crippen LogP contribution is 2.32. The fraction of sp³-hybridized carbons (Fsp3) is 0.467. The summed E-state index contributed by atoms with van der Waals surface area (Å²) in [5, 5.41) is 0. The Balaban J connectivity index is 2.27. The molecule has 1 fully saturated rings. The number of para-hydroxylation sites is 1. The molecule has 1 heterocycles. The van der Waals surface area contributed by atoms with Gasteiger partial charge in [0.25, 0.3) is 0 Å². The summed E-state index contributed by atoms with van der Waals surface area (Å²) >= 11 is 0. The first-order valence-corrected chi connectivity index (χ1v) is 6.34.